The molecule has 0 spiro atoms. The van der Waals surface area contributed by atoms with E-state index in [2.05, 4.69) is 17.2 Å². The van der Waals surface area contributed by atoms with Crippen molar-refractivity contribution in [2.45, 2.75) is 37.8 Å². The van der Waals surface area contributed by atoms with Crippen molar-refractivity contribution in [2.24, 2.45) is 0 Å². The third-order valence-corrected chi connectivity index (χ3v) is 6.13. The minimum absolute atomic E-state index is 0.0589. The Balaban J connectivity index is 1.68. The molecule has 5 nitrogen and oxygen atoms in total. The fourth-order valence-corrected chi connectivity index (χ4v) is 4.55. The van der Waals surface area contributed by atoms with Crippen LogP contribution in [0.5, 0.6) is 0 Å². The summed E-state index contributed by atoms with van der Waals surface area (Å²) in [4.78, 5) is 30.8. The number of aryl methyl sites for hydroxylation is 1. The molecule has 0 aliphatic carbocycles. The van der Waals surface area contributed by atoms with Gasteiger partial charge in [0.05, 0.1) is 11.4 Å². The molecule has 0 saturated heterocycles. The second-order valence-electron chi connectivity index (χ2n) is 6.49. The van der Waals surface area contributed by atoms with Crippen molar-refractivity contribution >= 4 is 51.4 Å². The quantitative estimate of drug-likeness (QED) is 0.498. The zero-order valence-corrected chi connectivity index (χ0v) is 18.3. The maximum absolute atomic E-state index is 12.3. The number of thiazole rings is 1. The molecule has 150 valence electrons. The van der Waals surface area contributed by atoms with Crippen LogP contribution in [0.15, 0.2) is 58.8 Å². The van der Waals surface area contributed by atoms with Crippen LogP contribution in [0.4, 0.5) is 16.5 Å². The van der Waals surface area contributed by atoms with Gasteiger partial charge < -0.3 is 5.32 Å². The van der Waals surface area contributed by atoms with Gasteiger partial charge in [0.25, 0.3) is 0 Å². The van der Waals surface area contributed by atoms with Crippen LogP contribution in [0.2, 0.25) is 0 Å². The van der Waals surface area contributed by atoms with Gasteiger partial charge in [0.1, 0.15) is 0 Å². The van der Waals surface area contributed by atoms with Crippen molar-refractivity contribution in [1.82, 2.24) is 4.98 Å². The number of aromatic nitrogens is 1. The minimum Gasteiger partial charge on any atom is -0.326 e. The third kappa shape index (κ3) is 5.68. The molecule has 0 saturated carbocycles. The Hall–Kier alpha value is -2.64. The van der Waals surface area contributed by atoms with Crippen LogP contribution in [0, 0.1) is 0 Å². The lowest BCUT2D eigenvalue weighted by Crippen LogP contribution is -2.22. The van der Waals surface area contributed by atoms with Crippen molar-refractivity contribution in [2.75, 3.05) is 10.2 Å². The SMILES string of the molecule is CCc1ccc(N(C(C)=O)c2nc(CSc3ccc(NC(C)=O)cc3)cs2)cc1. The van der Waals surface area contributed by atoms with Gasteiger partial charge in [-0.15, -0.1) is 23.1 Å². The molecule has 2 aromatic carbocycles. The summed E-state index contributed by atoms with van der Waals surface area (Å²) in [5, 5.41) is 5.43. The number of carbonyl (C=O) groups excluding carboxylic acids is 2. The number of thioether (sulfide) groups is 1. The first-order valence-electron chi connectivity index (χ1n) is 9.30. The van der Waals surface area contributed by atoms with Gasteiger partial charge in [0.2, 0.25) is 11.8 Å². The van der Waals surface area contributed by atoms with E-state index in [1.807, 2.05) is 53.9 Å². The molecular formula is C22H23N3O2S2. The molecule has 1 N–H and O–H groups in total. The highest BCUT2D eigenvalue weighted by atomic mass is 32.2. The van der Waals surface area contributed by atoms with Crippen molar-refractivity contribution in [3.05, 3.63) is 65.2 Å². The van der Waals surface area contributed by atoms with E-state index in [9.17, 15) is 9.59 Å². The van der Waals surface area contributed by atoms with Gasteiger partial charge in [-0.2, -0.15) is 0 Å². The van der Waals surface area contributed by atoms with E-state index < -0.39 is 0 Å². The highest BCUT2D eigenvalue weighted by molar-refractivity contribution is 7.98. The van der Waals surface area contributed by atoms with E-state index in [0.717, 1.165) is 28.4 Å². The molecule has 0 aliphatic heterocycles. The molecule has 0 unspecified atom stereocenters. The standard InChI is InChI=1S/C22H23N3O2S2/c1-4-17-5-9-20(10-6-17)25(16(3)27)22-24-19(14-29-22)13-28-21-11-7-18(8-12-21)23-15(2)26/h5-12,14H,4,13H2,1-3H3,(H,23,26). The number of rotatable bonds is 7. The molecule has 0 radical (unpaired) electrons. The summed E-state index contributed by atoms with van der Waals surface area (Å²) >= 11 is 3.13. The summed E-state index contributed by atoms with van der Waals surface area (Å²) in [5.74, 6) is 0.562. The van der Waals surface area contributed by atoms with Crippen LogP contribution in [-0.2, 0) is 21.8 Å². The molecule has 0 bridgehead atoms. The van der Waals surface area contributed by atoms with Crippen molar-refractivity contribution in [1.29, 1.82) is 0 Å². The number of benzene rings is 2. The lowest BCUT2D eigenvalue weighted by atomic mass is 10.1. The third-order valence-electron chi connectivity index (χ3n) is 4.21. The Kier molecular flexibility index (Phi) is 7.06. The molecule has 3 rings (SSSR count). The predicted octanol–water partition coefficient (Wildman–Crippen LogP) is 5.64. The summed E-state index contributed by atoms with van der Waals surface area (Å²) < 4.78 is 0. The summed E-state index contributed by atoms with van der Waals surface area (Å²) in [6.07, 6.45) is 0.963. The Morgan fingerprint density at radius 3 is 2.34 bits per heavy atom. The maximum atomic E-state index is 12.3. The van der Waals surface area contributed by atoms with Crippen LogP contribution in [0.25, 0.3) is 0 Å². The molecule has 29 heavy (non-hydrogen) atoms. The number of hydrogen-bond donors (Lipinski definition) is 1. The van der Waals surface area contributed by atoms with Crippen LogP contribution in [-0.4, -0.2) is 16.8 Å². The largest absolute Gasteiger partial charge is 0.326 e. The normalized spacial score (nSPS) is 10.6. The van der Waals surface area contributed by atoms with Crippen molar-refractivity contribution in [3.8, 4) is 0 Å². The fraction of sp³-hybridized carbons (Fsp3) is 0.227. The van der Waals surface area contributed by atoms with Gasteiger partial charge in [0, 0.05) is 35.6 Å². The van der Waals surface area contributed by atoms with Gasteiger partial charge in [-0.05, 0) is 48.4 Å². The second kappa shape index (κ2) is 9.71. The minimum atomic E-state index is -0.0836. The first kappa shape index (κ1) is 21.1. The summed E-state index contributed by atoms with van der Waals surface area (Å²) in [7, 11) is 0. The fourth-order valence-electron chi connectivity index (χ4n) is 2.77. The summed E-state index contributed by atoms with van der Waals surface area (Å²) in [6.45, 7) is 5.15. The number of hydrogen-bond acceptors (Lipinski definition) is 5. The zero-order valence-electron chi connectivity index (χ0n) is 16.6. The van der Waals surface area contributed by atoms with Gasteiger partial charge in [0.15, 0.2) is 5.13 Å². The molecule has 3 aromatic rings. The van der Waals surface area contributed by atoms with E-state index in [1.165, 1.54) is 23.8 Å². The molecule has 0 fully saturated rings. The highest BCUT2D eigenvalue weighted by Crippen LogP contribution is 2.31. The Labute approximate surface area is 179 Å². The van der Waals surface area contributed by atoms with E-state index >= 15 is 0 Å². The first-order chi connectivity index (χ1) is 14.0. The molecule has 1 aromatic heterocycles. The molecule has 7 heteroatoms. The Morgan fingerprint density at radius 2 is 1.76 bits per heavy atom. The van der Waals surface area contributed by atoms with Crippen LogP contribution in [0.3, 0.4) is 0 Å². The molecular weight excluding hydrogens is 402 g/mol. The number of nitrogens with one attached hydrogen (secondary N) is 1. The molecule has 0 aliphatic rings. The van der Waals surface area contributed by atoms with Crippen LogP contribution >= 0.6 is 23.1 Å². The molecule has 1 heterocycles. The Bertz CT molecular complexity index is 982. The van der Waals surface area contributed by atoms with Crippen LogP contribution < -0.4 is 10.2 Å². The predicted molar refractivity (Wildman–Crippen MR) is 121 cm³/mol. The molecule has 0 atom stereocenters. The van der Waals surface area contributed by atoms with Crippen LogP contribution in [0.1, 0.15) is 32.0 Å². The topological polar surface area (TPSA) is 62.3 Å². The van der Waals surface area contributed by atoms with Gasteiger partial charge in [-0.25, -0.2) is 4.98 Å². The smallest absolute Gasteiger partial charge is 0.230 e. The van der Waals surface area contributed by atoms with Gasteiger partial charge >= 0.3 is 0 Å². The summed E-state index contributed by atoms with van der Waals surface area (Å²) in [6, 6.07) is 15.7. The number of amides is 2. The monoisotopic (exact) mass is 425 g/mol. The van der Waals surface area contributed by atoms with Gasteiger partial charge in [-0.1, -0.05) is 19.1 Å². The van der Waals surface area contributed by atoms with E-state index in [1.54, 1.807) is 23.6 Å². The lowest BCUT2D eigenvalue weighted by molar-refractivity contribution is -0.116. The summed E-state index contributed by atoms with van der Waals surface area (Å²) in [5.41, 5.74) is 3.77. The zero-order chi connectivity index (χ0) is 20.8. The second-order valence-corrected chi connectivity index (χ2v) is 8.38. The average molecular weight is 426 g/mol. The van der Waals surface area contributed by atoms with E-state index in [0.29, 0.717) is 10.9 Å². The highest BCUT2D eigenvalue weighted by Gasteiger charge is 2.18. The Morgan fingerprint density at radius 1 is 1.07 bits per heavy atom. The lowest BCUT2D eigenvalue weighted by Gasteiger charge is -2.18. The van der Waals surface area contributed by atoms with Gasteiger partial charge in [-0.3, -0.25) is 14.5 Å². The van der Waals surface area contributed by atoms with E-state index in [4.69, 9.17) is 0 Å². The average Bonchev–Trinajstić information content (AvgIpc) is 3.16. The van der Waals surface area contributed by atoms with E-state index in [-0.39, 0.29) is 11.8 Å². The van der Waals surface area contributed by atoms with Crippen molar-refractivity contribution in [3.63, 3.8) is 0 Å². The molecule has 2 amide bonds. The number of carbonyl (C=O) groups is 2. The first-order valence-corrected chi connectivity index (χ1v) is 11.2. The van der Waals surface area contributed by atoms with Crippen molar-refractivity contribution < 1.29 is 9.59 Å². The number of anilines is 3. The number of nitrogens with zero attached hydrogens (tertiary/aromatic N) is 2. The maximum Gasteiger partial charge on any atom is 0.230 e.